The first-order valence-electron chi connectivity index (χ1n) is 8.30. The van der Waals surface area contributed by atoms with Crippen LogP contribution < -0.4 is 14.2 Å². The number of benzene rings is 3. The van der Waals surface area contributed by atoms with Crippen molar-refractivity contribution in [3.05, 3.63) is 72.8 Å². The standard InChI is InChI=1S/C22H18O5/c1-14(2)22(24)27-21-18-12-8-7-11-17(18)19(13-20(21)25-15(3)23)26-16-9-5-4-6-10-16/h4-13H,1H2,2-3H3. The van der Waals surface area contributed by atoms with E-state index in [1.54, 1.807) is 19.1 Å². The van der Waals surface area contributed by atoms with Gasteiger partial charge in [0.25, 0.3) is 0 Å². The maximum atomic E-state index is 12.1. The second-order valence-electron chi connectivity index (χ2n) is 5.93. The Balaban J connectivity index is 2.18. The fraction of sp³-hybridized carbons (Fsp3) is 0.0909. The van der Waals surface area contributed by atoms with Crippen LogP contribution in [-0.2, 0) is 9.59 Å². The number of carbonyl (C=O) groups is 2. The predicted octanol–water partition coefficient (Wildman–Crippen LogP) is 5.04. The summed E-state index contributed by atoms with van der Waals surface area (Å²) < 4.78 is 16.7. The molecule has 0 N–H and O–H groups in total. The van der Waals surface area contributed by atoms with E-state index < -0.39 is 11.9 Å². The van der Waals surface area contributed by atoms with E-state index in [0.29, 0.717) is 22.3 Å². The molecule has 3 aromatic carbocycles. The molecule has 3 aromatic rings. The maximum absolute atomic E-state index is 12.1. The molecule has 5 heteroatoms. The normalized spacial score (nSPS) is 10.3. The van der Waals surface area contributed by atoms with Crippen LogP contribution in [-0.4, -0.2) is 11.9 Å². The minimum absolute atomic E-state index is 0.0988. The van der Waals surface area contributed by atoms with Crippen LogP contribution in [0.4, 0.5) is 0 Å². The number of hydrogen-bond acceptors (Lipinski definition) is 5. The van der Waals surface area contributed by atoms with Gasteiger partial charge in [0.2, 0.25) is 0 Å². The Hall–Kier alpha value is -3.60. The lowest BCUT2D eigenvalue weighted by molar-refractivity contribution is -0.133. The van der Waals surface area contributed by atoms with Crippen LogP contribution in [0.15, 0.2) is 72.8 Å². The highest BCUT2D eigenvalue weighted by atomic mass is 16.6. The van der Waals surface area contributed by atoms with Gasteiger partial charge in [-0.3, -0.25) is 4.79 Å². The molecule has 0 saturated heterocycles. The molecule has 0 spiro atoms. The summed E-state index contributed by atoms with van der Waals surface area (Å²) in [6, 6.07) is 18.0. The van der Waals surface area contributed by atoms with Crippen LogP contribution in [0.3, 0.4) is 0 Å². The summed E-state index contributed by atoms with van der Waals surface area (Å²) in [5.74, 6) is 0.205. The van der Waals surface area contributed by atoms with Crippen molar-refractivity contribution >= 4 is 22.7 Å². The smallest absolute Gasteiger partial charge is 0.338 e. The lowest BCUT2D eigenvalue weighted by Gasteiger charge is -2.16. The number of para-hydroxylation sites is 1. The van der Waals surface area contributed by atoms with E-state index in [0.717, 1.165) is 0 Å². The third kappa shape index (κ3) is 4.15. The summed E-state index contributed by atoms with van der Waals surface area (Å²) in [5, 5.41) is 1.29. The van der Waals surface area contributed by atoms with Crippen LogP contribution in [0.5, 0.6) is 23.0 Å². The van der Waals surface area contributed by atoms with E-state index >= 15 is 0 Å². The Bertz CT molecular complexity index is 1020. The molecule has 0 aliphatic carbocycles. The number of carbonyl (C=O) groups excluding carboxylic acids is 2. The molecule has 5 nitrogen and oxygen atoms in total. The molecular formula is C22H18O5. The minimum atomic E-state index is -0.606. The van der Waals surface area contributed by atoms with Gasteiger partial charge in [-0.1, -0.05) is 49.0 Å². The topological polar surface area (TPSA) is 61.8 Å². The van der Waals surface area contributed by atoms with E-state index in [-0.39, 0.29) is 17.1 Å². The number of ether oxygens (including phenoxy) is 3. The quantitative estimate of drug-likeness (QED) is 0.361. The molecule has 27 heavy (non-hydrogen) atoms. The van der Waals surface area contributed by atoms with Gasteiger partial charge in [0.15, 0.2) is 11.5 Å². The molecule has 0 aliphatic rings. The third-order valence-corrected chi connectivity index (χ3v) is 3.69. The van der Waals surface area contributed by atoms with Crippen molar-refractivity contribution in [2.24, 2.45) is 0 Å². The monoisotopic (exact) mass is 362 g/mol. The van der Waals surface area contributed by atoms with Crippen molar-refractivity contribution in [3.8, 4) is 23.0 Å². The first-order valence-corrected chi connectivity index (χ1v) is 8.30. The lowest BCUT2D eigenvalue weighted by atomic mass is 10.1. The predicted molar refractivity (Wildman–Crippen MR) is 102 cm³/mol. The van der Waals surface area contributed by atoms with Crippen LogP contribution in [0.1, 0.15) is 13.8 Å². The van der Waals surface area contributed by atoms with Crippen molar-refractivity contribution in [2.45, 2.75) is 13.8 Å². The van der Waals surface area contributed by atoms with Crippen LogP contribution >= 0.6 is 0 Å². The van der Waals surface area contributed by atoms with Crippen LogP contribution in [0, 0.1) is 0 Å². The average Bonchev–Trinajstić information content (AvgIpc) is 2.64. The molecule has 0 saturated carbocycles. The summed E-state index contributed by atoms with van der Waals surface area (Å²) in [6.07, 6.45) is 0. The first-order chi connectivity index (χ1) is 13.0. The Kier molecular flexibility index (Phi) is 5.22. The Morgan fingerprint density at radius 3 is 2.07 bits per heavy atom. The van der Waals surface area contributed by atoms with Crippen LogP contribution in [0.25, 0.3) is 10.8 Å². The van der Waals surface area contributed by atoms with Gasteiger partial charge >= 0.3 is 11.9 Å². The molecular weight excluding hydrogens is 344 g/mol. The van der Waals surface area contributed by atoms with Gasteiger partial charge in [-0.2, -0.15) is 0 Å². The highest BCUT2D eigenvalue weighted by Crippen LogP contribution is 2.43. The number of esters is 2. The molecule has 136 valence electrons. The maximum Gasteiger partial charge on any atom is 0.338 e. The van der Waals surface area contributed by atoms with Crippen LogP contribution in [0.2, 0.25) is 0 Å². The molecule has 0 aliphatic heterocycles. The molecule has 0 atom stereocenters. The summed E-state index contributed by atoms with van der Waals surface area (Å²) in [5.41, 5.74) is 0.234. The average molecular weight is 362 g/mol. The van der Waals surface area contributed by atoms with E-state index in [2.05, 4.69) is 6.58 Å². The molecule has 0 amide bonds. The zero-order valence-electron chi connectivity index (χ0n) is 15.0. The molecule has 0 heterocycles. The summed E-state index contributed by atoms with van der Waals surface area (Å²) in [6.45, 7) is 6.41. The zero-order valence-corrected chi connectivity index (χ0v) is 15.0. The lowest BCUT2D eigenvalue weighted by Crippen LogP contribution is -2.11. The Morgan fingerprint density at radius 1 is 0.815 bits per heavy atom. The van der Waals surface area contributed by atoms with Gasteiger partial charge in [-0.25, -0.2) is 4.79 Å². The number of hydrogen-bond donors (Lipinski definition) is 0. The third-order valence-electron chi connectivity index (χ3n) is 3.69. The summed E-state index contributed by atoms with van der Waals surface area (Å²) in [7, 11) is 0. The Morgan fingerprint density at radius 2 is 1.44 bits per heavy atom. The first kappa shape index (κ1) is 18.2. The van der Waals surface area contributed by atoms with Crippen molar-refractivity contribution < 1.29 is 23.8 Å². The highest BCUT2D eigenvalue weighted by molar-refractivity contribution is 5.99. The summed E-state index contributed by atoms with van der Waals surface area (Å²) in [4.78, 5) is 23.6. The SMILES string of the molecule is C=C(C)C(=O)Oc1c(OC(C)=O)cc(Oc2ccccc2)c2ccccc12. The second kappa shape index (κ2) is 7.74. The number of rotatable bonds is 5. The van der Waals surface area contributed by atoms with Crippen molar-refractivity contribution in [2.75, 3.05) is 0 Å². The Labute approximate surface area is 156 Å². The van der Waals surface area contributed by atoms with Gasteiger partial charge in [0, 0.05) is 29.3 Å². The molecule has 3 rings (SSSR count). The van der Waals surface area contributed by atoms with E-state index in [1.807, 2.05) is 42.5 Å². The van der Waals surface area contributed by atoms with E-state index in [1.165, 1.54) is 13.0 Å². The number of fused-ring (bicyclic) bond motifs is 1. The van der Waals surface area contributed by atoms with Crippen molar-refractivity contribution in [1.82, 2.24) is 0 Å². The van der Waals surface area contributed by atoms with Gasteiger partial charge in [-0.05, 0) is 19.1 Å². The van der Waals surface area contributed by atoms with E-state index in [4.69, 9.17) is 14.2 Å². The van der Waals surface area contributed by atoms with Crippen molar-refractivity contribution in [3.63, 3.8) is 0 Å². The molecule has 0 radical (unpaired) electrons. The zero-order chi connectivity index (χ0) is 19.4. The van der Waals surface area contributed by atoms with E-state index in [9.17, 15) is 9.59 Å². The van der Waals surface area contributed by atoms with Gasteiger partial charge in [0.05, 0.1) is 0 Å². The fourth-order valence-corrected chi connectivity index (χ4v) is 2.51. The largest absolute Gasteiger partial charge is 0.457 e. The fourth-order valence-electron chi connectivity index (χ4n) is 2.51. The molecule has 0 bridgehead atoms. The van der Waals surface area contributed by atoms with Gasteiger partial charge in [0.1, 0.15) is 11.5 Å². The van der Waals surface area contributed by atoms with Gasteiger partial charge in [-0.15, -0.1) is 0 Å². The summed E-state index contributed by atoms with van der Waals surface area (Å²) >= 11 is 0. The molecule has 0 unspecified atom stereocenters. The molecule has 0 aromatic heterocycles. The minimum Gasteiger partial charge on any atom is -0.457 e. The second-order valence-corrected chi connectivity index (χ2v) is 5.93. The molecule has 0 fully saturated rings. The van der Waals surface area contributed by atoms with Crippen molar-refractivity contribution in [1.29, 1.82) is 0 Å². The highest BCUT2D eigenvalue weighted by Gasteiger charge is 2.20. The van der Waals surface area contributed by atoms with Gasteiger partial charge < -0.3 is 14.2 Å².